The Bertz CT molecular complexity index is 666. The third kappa shape index (κ3) is 3.01. The van der Waals surface area contributed by atoms with Crippen LogP contribution in [0.3, 0.4) is 0 Å². The van der Waals surface area contributed by atoms with Crippen molar-refractivity contribution in [2.75, 3.05) is 0 Å². The third-order valence-electron chi connectivity index (χ3n) is 3.99. The summed E-state index contributed by atoms with van der Waals surface area (Å²) in [6.45, 7) is 1.69. The van der Waals surface area contributed by atoms with Crippen LogP contribution in [0.25, 0.3) is 11.4 Å². The molecule has 1 heterocycles. The Hall–Kier alpha value is -2.04. The highest BCUT2D eigenvalue weighted by Gasteiger charge is 2.24. The van der Waals surface area contributed by atoms with Crippen molar-refractivity contribution in [1.82, 2.24) is 10.1 Å². The van der Waals surface area contributed by atoms with Crippen LogP contribution in [0.2, 0.25) is 0 Å². The van der Waals surface area contributed by atoms with Gasteiger partial charge in [0, 0.05) is 24.3 Å². The first kappa shape index (κ1) is 13.9. The van der Waals surface area contributed by atoms with E-state index in [-0.39, 0.29) is 11.7 Å². The van der Waals surface area contributed by atoms with Gasteiger partial charge in [0.05, 0.1) is 0 Å². The maximum absolute atomic E-state index is 13.3. The molecule has 0 N–H and O–H groups in total. The Morgan fingerprint density at radius 3 is 3.00 bits per heavy atom. The normalized spacial score (nSPS) is 19.0. The topological polar surface area (TPSA) is 56.0 Å². The van der Waals surface area contributed by atoms with Gasteiger partial charge in [-0.2, -0.15) is 4.98 Å². The fourth-order valence-electron chi connectivity index (χ4n) is 2.72. The SMILES string of the molecule is Cc1cc(-c2noc(CC3CCCCC3=O)n2)ccc1F. The molecule has 0 amide bonds. The Labute approximate surface area is 122 Å². The molecule has 5 heteroatoms. The van der Waals surface area contributed by atoms with Gasteiger partial charge in [-0.3, -0.25) is 4.79 Å². The average Bonchev–Trinajstić information content (AvgIpc) is 2.93. The van der Waals surface area contributed by atoms with Crippen molar-refractivity contribution in [2.45, 2.75) is 39.0 Å². The average molecular weight is 288 g/mol. The molecular formula is C16H17FN2O2. The highest BCUT2D eigenvalue weighted by Crippen LogP contribution is 2.25. The zero-order valence-electron chi connectivity index (χ0n) is 11.9. The molecule has 1 aromatic heterocycles. The van der Waals surface area contributed by atoms with E-state index in [0.29, 0.717) is 35.9 Å². The second-order valence-corrected chi connectivity index (χ2v) is 5.59. The molecule has 1 fully saturated rings. The maximum atomic E-state index is 13.3. The maximum Gasteiger partial charge on any atom is 0.227 e. The van der Waals surface area contributed by atoms with Crippen molar-refractivity contribution in [1.29, 1.82) is 0 Å². The van der Waals surface area contributed by atoms with Crippen molar-refractivity contribution in [3.8, 4) is 11.4 Å². The van der Waals surface area contributed by atoms with Crippen molar-refractivity contribution in [3.05, 3.63) is 35.5 Å². The van der Waals surface area contributed by atoms with Crippen molar-refractivity contribution in [2.24, 2.45) is 5.92 Å². The van der Waals surface area contributed by atoms with Gasteiger partial charge in [-0.15, -0.1) is 0 Å². The predicted octanol–water partition coefficient (Wildman–Crippen LogP) is 3.49. The number of aryl methyl sites for hydroxylation is 1. The summed E-state index contributed by atoms with van der Waals surface area (Å²) < 4.78 is 18.5. The lowest BCUT2D eigenvalue weighted by Gasteiger charge is -2.18. The quantitative estimate of drug-likeness (QED) is 0.867. The van der Waals surface area contributed by atoms with Gasteiger partial charge in [-0.25, -0.2) is 4.39 Å². The molecule has 0 radical (unpaired) electrons. The summed E-state index contributed by atoms with van der Waals surface area (Å²) in [5.41, 5.74) is 1.26. The summed E-state index contributed by atoms with van der Waals surface area (Å²) in [5, 5.41) is 3.93. The van der Waals surface area contributed by atoms with Crippen LogP contribution in [-0.2, 0) is 11.2 Å². The minimum absolute atomic E-state index is 0.00186. The minimum Gasteiger partial charge on any atom is -0.339 e. The largest absolute Gasteiger partial charge is 0.339 e. The first-order valence-corrected chi connectivity index (χ1v) is 7.25. The number of hydrogen-bond donors (Lipinski definition) is 0. The lowest BCUT2D eigenvalue weighted by Crippen LogP contribution is -2.21. The van der Waals surface area contributed by atoms with Gasteiger partial charge in [0.25, 0.3) is 0 Å². The molecule has 1 aliphatic carbocycles. The number of nitrogens with zero attached hydrogens (tertiary/aromatic N) is 2. The van der Waals surface area contributed by atoms with Gasteiger partial charge in [-0.05, 0) is 43.5 Å². The first-order valence-electron chi connectivity index (χ1n) is 7.25. The van der Waals surface area contributed by atoms with Gasteiger partial charge in [0.15, 0.2) is 0 Å². The monoisotopic (exact) mass is 288 g/mol. The first-order chi connectivity index (χ1) is 10.1. The zero-order valence-corrected chi connectivity index (χ0v) is 11.9. The van der Waals surface area contributed by atoms with Crippen molar-refractivity contribution < 1.29 is 13.7 Å². The molecule has 1 aromatic carbocycles. The summed E-state index contributed by atoms with van der Waals surface area (Å²) >= 11 is 0. The van der Waals surface area contributed by atoms with E-state index in [1.165, 1.54) is 6.07 Å². The van der Waals surface area contributed by atoms with Crippen LogP contribution < -0.4 is 0 Å². The highest BCUT2D eigenvalue weighted by molar-refractivity contribution is 5.81. The van der Waals surface area contributed by atoms with Crippen LogP contribution in [0.15, 0.2) is 22.7 Å². The van der Waals surface area contributed by atoms with Crippen LogP contribution in [0.4, 0.5) is 4.39 Å². The summed E-state index contributed by atoms with van der Waals surface area (Å²) in [4.78, 5) is 16.2. The van der Waals surface area contributed by atoms with Crippen molar-refractivity contribution >= 4 is 5.78 Å². The van der Waals surface area contributed by atoms with E-state index in [1.54, 1.807) is 19.1 Å². The molecule has 0 aliphatic heterocycles. The zero-order chi connectivity index (χ0) is 14.8. The Morgan fingerprint density at radius 1 is 1.38 bits per heavy atom. The van der Waals surface area contributed by atoms with E-state index >= 15 is 0 Å². The highest BCUT2D eigenvalue weighted by atomic mass is 19.1. The molecule has 3 rings (SSSR count). The second-order valence-electron chi connectivity index (χ2n) is 5.59. The number of ketones is 1. The van der Waals surface area contributed by atoms with Crippen LogP contribution in [0, 0.1) is 18.7 Å². The predicted molar refractivity (Wildman–Crippen MR) is 75.1 cm³/mol. The number of hydrogen-bond acceptors (Lipinski definition) is 4. The van der Waals surface area contributed by atoms with E-state index < -0.39 is 0 Å². The fourth-order valence-corrected chi connectivity index (χ4v) is 2.72. The fraction of sp³-hybridized carbons (Fsp3) is 0.438. The number of aromatic nitrogens is 2. The standard InChI is InChI=1S/C16H17FN2O2/c1-10-8-12(6-7-13(10)17)16-18-15(21-19-16)9-11-4-2-3-5-14(11)20/h6-8,11H,2-5,9H2,1H3. The number of carbonyl (C=O) groups is 1. The molecule has 1 aliphatic rings. The second kappa shape index (κ2) is 5.76. The molecule has 110 valence electrons. The van der Waals surface area contributed by atoms with Crippen LogP contribution in [-0.4, -0.2) is 15.9 Å². The molecule has 2 aromatic rings. The summed E-state index contributed by atoms with van der Waals surface area (Å²) in [6, 6.07) is 4.71. The van der Waals surface area contributed by atoms with Crippen LogP contribution >= 0.6 is 0 Å². The Balaban J connectivity index is 1.76. The summed E-state index contributed by atoms with van der Waals surface area (Å²) in [6.07, 6.45) is 4.12. The van der Waals surface area contributed by atoms with E-state index in [0.717, 1.165) is 24.8 Å². The van der Waals surface area contributed by atoms with Gasteiger partial charge in [-0.1, -0.05) is 11.6 Å². The van der Waals surface area contributed by atoms with Gasteiger partial charge >= 0.3 is 0 Å². The molecule has 4 nitrogen and oxygen atoms in total. The number of halogens is 1. The lowest BCUT2D eigenvalue weighted by atomic mass is 9.86. The van der Waals surface area contributed by atoms with Gasteiger partial charge in [0.1, 0.15) is 11.6 Å². The molecular weight excluding hydrogens is 271 g/mol. The molecule has 1 saturated carbocycles. The molecule has 1 unspecified atom stereocenters. The number of Topliss-reactive ketones (excluding diaryl/α,β-unsaturated/α-hetero) is 1. The smallest absolute Gasteiger partial charge is 0.227 e. The Morgan fingerprint density at radius 2 is 2.24 bits per heavy atom. The lowest BCUT2D eigenvalue weighted by molar-refractivity contribution is -0.124. The van der Waals surface area contributed by atoms with Gasteiger partial charge in [0.2, 0.25) is 11.7 Å². The van der Waals surface area contributed by atoms with E-state index in [2.05, 4.69) is 10.1 Å². The third-order valence-corrected chi connectivity index (χ3v) is 3.99. The Kier molecular flexibility index (Phi) is 3.82. The molecule has 21 heavy (non-hydrogen) atoms. The van der Waals surface area contributed by atoms with E-state index in [1.807, 2.05) is 0 Å². The summed E-state index contributed by atoms with van der Waals surface area (Å²) in [7, 11) is 0. The summed E-state index contributed by atoms with van der Waals surface area (Å²) in [5.74, 6) is 0.958. The van der Waals surface area contributed by atoms with E-state index in [4.69, 9.17) is 4.52 Å². The number of rotatable bonds is 3. The van der Waals surface area contributed by atoms with Gasteiger partial charge < -0.3 is 4.52 Å². The molecule has 0 bridgehead atoms. The molecule has 0 spiro atoms. The van der Waals surface area contributed by atoms with Crippen molar-refractivity contribution in [3.63, 3.8) is 0 Å². The van der Waals surface area contributed by atoms with Crippen LogP contribution in [0.5, 0.6) is 0 Å². The molecule has 1 atom stereocenters. The minimum atomic E-state index is -0.254. The van der Waals surface area contributed by atoms with E-state index in [9.17, 15) is 9.18 Å². The molecule has 0 saturated heterocycles. The van der Waals surface area contributed by atoms with Crippen LogP contribution in [0.1, 0.15) is 37.1 Å². The number of benzene rings is 1. The number of carbonyl (C=O) groups excluding carboxylic acids is 1.